The number of halogens is 1. The summed E-state index contributed by atoms with van der Waals surface area (Å²) in [6.07, 6.45) is 1.68. The zero-order chi connectivity index (χ0) is 15.5. The Hall–Kier alpha value is -2.40. The molecule has 1 heterocycles. The maximum atomic E-state index is 12.0. The van der Waals surface area contributed by atoms with E-state index in [9.17, 15) is 4.79 Å². The lowest BCUT2D eigenvalue weighted by Gasteiger charge is -2.03. The summed E-state index contributed by atoms with van der Waals surface area (Å²) in [4.78, 5) is 16.2. The Morgan fingerprint density at radius 2 is 1.95 bits per heavy atom. The number of nitrogens with zero attached hydrogens (tertiary/aromatic N) is 1. The van der Waals surface area contributed by atoms with Gasteiger partial charge < -0.3 is 9.47 Å². The van der Waals surface area contributed by atoms with Gasteiger partial charge in [0, 0.05) is 10.0 Å². The molecule has 2 aromatic carbocycles. The van der Waals surface area contributed by atoms with Crippen LogP contribution in [0.1, 0.15) is 11.1 Å². The Morgan fingerprint density at radius 1 is 1.18 bits per heavy atom. The number of esters is 1. The number of rotatable bonds is 3. The maximum absolute atomic E-state index is 12.0. The SMILES string of the molecule is COc1ccc(C=C2N=C(c3ccccc3)OC2=O)c(Br)c1. The molecule has 0 amide bonds. The van der Waals surface area contributed by atoms with Crippen LogP contribution >= 0.6 is 15.9 Å². The van der Waals surface area contributed by atoms with E-state index in [0.29, 0.717) is 5.90 Å². The van der Waals surface area contributed by atoms with Crippen molar-refractivity contribution in [2.75, 3.05) is 7.11 Å². The van der Waals surface area contributed by atoms with Crippen LogP contribution in [0.3, 0.4) is 0 Å². The monoisotopic (exact) mass is 357 g/mol. The Labute approximate surface area is 136 Å². The van der Waals surface area contributed by atoms with Gasteiger partial charge in [-0.15, -0.1) is 0 Å². The highest BCUT2D eigenvalue weighted by atomic mass is 79.9. The second-order valence-electron chi connectivity index (χ2n) is 4.59. The summed E-state index contributed by atoms with van der Waals surface area (Å²) >= 11 is 3.45. The van der Waals surface area contributed by atoms with Crippen LogP contribution in [-0.4, -0.2) is 19.0 Å². The van der Waals surface area contributed by atoms with Crippen molar-refractivity contribution in [3.63, 3.8) is 0 Å². The predicted octanol–water partition coefficient (Wildman–Crippen LogP) is 3.80. The molecule has 2 aromatic rings. The summed E-state index contributed by atoms with van der Waals surface area (Å²) in [5, 5.41) is 0. The van der Waals surface area contributed by atoms with Crippen LogP contribution in [0.5, 0.6) is 5.75 Å². The third-order valence-corrected chi connectivity index (χ3v) is 3.83. The van der Waals surface area contributed by atoms with Crippen molar-refractivity contribution in [2.45, 2.75) is 0 Å². The van der Waals surface area contributed by atoms with Gasteiger partial charge in [-0.3, -0.25) is 0 Å². The summed E-state index contributed by atoms with van der Waals surface area (Å²) in [6, 6.07) is 14.8. The highest BCUT2D eigenvalue weighted by molar-refractivity contribution is 9.10. The van der Waals surface area contributed by atoms with Crippen LogP contribution in [0, 0.1) is 0 Å². The van der Waals surface area contributed by atoms with Crippen LogP contribution in [0.15, 0.2) is 63.7 Å². The lowest BCUT2D eigenvalue weighted by Crippen LogP contribution is -2.04. The molecule has 0 fully saturated rings. The first-order valence-corrected chi connectivity index (χ1v) is 7.38. The molecule has 110 valence electrons. The summed E-state index contributed by atoms with van der Waals surface area (Å²) in [5.74, 6) is 0.597. The van der Waals surface area contributed by atoms with E-state index in [1.54, 1.807) is 13.2 Å². The minimum atomic E-state index is -0.457. The Kier molecular flexibility index (Phi) is 4.06. The van der Waals surface area contributed by atoms with Crippen LogP contribution in [0.25, 0.3) is 6.08 Å². The number of benzene rings is 2. The summed E-state index contributed by atoms with van der Waals surface area (Å²) in [7, 11) is 1.60. The molecule has 0 N–H and O–H groups in total. The van der Waals surface area contributed by atoms with Crippen LogP contribution in [0.2, 0.25) is 0 Å². The Bertz CT molecular complexity index is 782. The van der Waals surface area contributed by atoms with E-state index in [2.05, 4.69) is 20.9 Å². The highest BCUT2D eigenvalue weighted by Crippen LogP contribution is 2.26. The van der Waals surface area contributed by atoms with Gasteiger partial charge in [-0.1, -0.05) is 40.2 Å². The number of cyclic esters (lactones) is 1. The molecule has 0 unspecified atom stereocenters. The Balaban J connectivity index is 1.94. The normalized spacial score (nSPS) is 15.6. The molecule has 1 aliphatic rings. The quantitative estimate of drug-likeness (QED) is 0.619. The van der Waals surface area contributed by atoms with E-state index in [-0.39, 0.29) is 5.70 Å². The molecule has 0 spiro atoms. The number of hydrogen-bond donors (Lipinski definition) is 0. The fourth-order valence-electron chi connectivity index (χ4n) is 2.01. The first-order chi connectivity index (χ1) is 10.7. The molecule has 4 nitrogen and oxygen atoms in total. The van der Waals surface area contributed by atoms with Crippen molar-refractivity contribution in [1.29, 1.82) is 0 Å². The topological polar surface area (TPSA) is 47.9 Å². The van der Waals surface area contributed by atoms with Gasteiger partial charge >= 0.3 is 5.97 Å². The molecule has 3 rings (SSSR count). The van der Waals surface area contributed by atoms with Crippen LogP contribution in [-0.2, 0) is 9.53 Å². The van der Waals surface area contributed by atoms with Gasteiger partial charge in [0.1, 0.15) is 5.75 Å². The van der Waals surface area contributed by atoms with E-state index in [1.165, 1.54) is 0 Å². The molecule has 0 aliphatic carbocycles. The fraction of sp³-hybridized carbons (Fsp3) is 0.0588. The van der Waals surface area contributed by atoms with Crippen molar-refractivity contribution in [3.8, 4) is 5.75 Å². The summed E-state index contributed by atoms with van der Waals surface area (Å²) in [6.45, 7) is 0. The summed E-state index contributed by atoms with van der Waals surface area (Å²) < 4.78 is 11.2. The molecule has 1 aliphatic heterocycles. The van der Waals surface area contributed by atoms with Crippen molar-refractivity contribution < 1.29 is 14.3 Å². The first kappa shape index (κ1) is 14.5. The zero-order valence-electron chi connectivity index (χ0n) is 11.7. The van der Waals surface area contributed by atoms with Crippen LogP contribution in [0.4, 0.5) is 0 Å². The van der Waals surface area contributed by atoms with E-state index >= 15 is 0 Å². The fourth-order valence-corrected chi connectivity index (χ4v) is 2.48. The van der Waals surface area contributed by atoms with Gasteiger partial charge in [-0.25, -0.2) is 9.79 Å². The predicted molar refractivity (Wildman–Crippen MR) is 87.7 cm³/mol. The van der Waals surface area contributed by atoms with Gasteiger partial charge in [0.05, 0.1) is 7.11 Å². The van der Waals surface area contributed by atoms with E-state index in [4.69, 9.17) is 9.47 Å². The van der Waals surface area contributed by atoms with Gasteiger partial charge in [-0.2, -0.15) is 0 Å². The largest absolute Gasteiger partial charge is 0.497 e. The third-order valence-electron chi connectivity index (χ3n) is 3.14. The zero-order valence-corrected chi connectivity index (χ0v) is 13.3. The minimum absolute atomic E-state index is 0.268. The lowest BCUT2D eigenvalue weighted by atomic mass is 10.2. The van der Waals surface area contributed by atoms with Gasteiger partial charge in [0.15, 0.2) is 5.70 Å². The smallest absolute Gasteiger partial charge is 0.363 e. The van der Waals surface area contributed by atoms with Crippen molar-refractivity contribution in [3.05, 3.63) is 69.8 Å². The molecular weight excluding hydrogens is 346 g/mol. The molecule has 22 heavy (non-hydrogen) atoms. The van der Waals surface area contributed by atoms with Crippen molar-refractivity contribution >= 4 is 33.9 Å². The molecule has 5 heteroatoms. The van der Waals surface area contributed by atoms with Gasteiger partial charge in [0.25, 0.3) is 0 Å². The third kappa shape index (κ3) is 2.94. The molecule has 0 aromatic heterocycles. The number of hydrogen-bond acceptors (Lipinski definition) is 4. The number of aliphatic imine (C=N–C) groups is 1. The number of methoxy groups -OCH3 is 1. The Morgan fingerprint density at radius 3 is 2.64 bits per heavy atom. The van der Waals surface area contributed by atoms with Gasteiger partial charge in [0.2, 0.25) is 5.90 Å². The second kappa shape index (κ2) is 6.15. The molecular formula is C17H12BrNO3. The van der Waals surface area contributed by atoms with E-state index < -0.39 is 5.97 Å². The molecule has 0 bridgehead atoms. The molecule has 0 atom stereocenters. The van der Waals surface area contributed by atoms with E-state index in [1.807, 2.05) is 48.5 Å². The van der Waals surface area contributed by atoms with Crippen LogP contribution < -0.4 is 4.74 Å². The number of carbonyl (C=O) groups is 1. The maximum Gasteiger partial charge on any atom is 0.363 e. The number of carbonyl (C=O) groups excluding carboxylic acids is 1. The van der Waals surface area contributed by atoms with Crippen molar-refractivity contribution in [2.24, 2.45) is 4.99 Å². The average molecular weight is 358 g/mol. The first-order valence-electron chi connectivity index (χ1n) is 6.59. The van der Waals surface area contributed by atoms with Crippen molar-refractivity contribution in [1.82, 2.24) is 0 Å². The average Bonchev–Trinajstić information content (AvgIpc) is 2.91. The van der Waals surface area contributed by atoms with E-state index in [0.717, 1.165) is 21.3 Å². The highest BCUT2D eigenvalue weighted by Gasteiger charge is 2.24. The molecule has 0 radical (unpaired) electrons. The van der Waals surface area contributed by atoms with Gasteiger partial charge in [-0.05, 0) is 35.9 Å². The molecule has 0 saturated heterocycles. The molecule has 0 saturated carbocycles. The summed E-state index contributed by atoms with van der Waals surface area (Å²) in [5.41, 5.74) is 1.86. The second-order valence-corrected chi connectivity index (χ2v) is 5.44. The minimum Gasteiger partial charge on any atom is -0.497 e. The standard InChI is InChI=1S/C17H12BrNO3/c1-21-13-8-7-12(14(18)10-13)9-15-17(20)22-16(19-15)11-5-3-2-4-6-11/h2-10H,1H3. The number of ether oxygens (including phenoxy) is 2. The lowest BCUT2D eigenvalue weighted by molar-refractivity contribution is -0.129.